The van der Waals surface area contributed by atoms with Gasteiger partial charge in [0.05, 0.1) is 16.8 Å². The average molecular weight is 328 g/mol. The number of benzene rings is 2. The normalized spacial score (nSPS) is 10.7. The number of fused-ring (bicyclic) bond motifs is 1. The van der Waals surface area contributed by atoms with E-state index in [4.69, 9.17) is 22.3 Å². The van der Waals surface area contributed by atoms with Crippen molar-refractivity contribution in [3.05, 3.63) is 64.8 Å². The summed E-state index contributed by atoms with van der Waals surface area (Å²) >= 11 is 6.13. The maximum atomic E-state index is 12.4. The molecular weight excluding hydrogens is 314 g/mol. The molecule has 1 heterocycles. The van der Waals surface area contributed by atoms with Crippen LogP contribution < -0.4 is 11.4 Å². The lowest BCUT2D eigenvalue weighted by atomic mass is 9.94. The van der Waals surface area contributed by atoms with Gasteiger partial charge < -0.3 is 4.84 Å². The van der Waals surface area contributed by atoms with E-state index in [2.05, 4.69) is 4.98 Å². The van der Waals surface area contributed by atoms with Gasteiger partial charge in [-0.3, -0.25) is 4.98 Å². The second-order valence-electron chi connectivity index (χ2n) is 4.98. The lowest BCUT2D eigenvalue weighted by Crippen LogP contribution is -2.27. The van der Waals surface area contributed by atoms with E-state index >= 15 is 0 Å². The minimum absolute atomic E-state index is 0.351. The smallest absolute Gasteiger partial charge is 0.351 e. The summed E-state index contributed by atoms with van der Waals surface area (Å²) in [5, 5.41) is 1.34. The summed E-state index contributed by atoms with van der Waals surface area (Å²) in [6, 6.07) is 14.9. The van der Waals surface area contributed by atoms with Crippen LogP contribution in [-0.4, -0.2) is 11.0 Å². The lowest BCUT2D eigenvalue weighted by molar-refractivity contribution is 0.0254. The molecule has 3 N–H and O–H groups in total. The molecule has 0 saturated carbocycles. The first-order chi connectivity index (χ1) is 11.1. The number of nitrogens with one attached hydrogen (secondary N) is 1. The van der Waals surface area contributed by atoms with Crippen molar-refractivity contribution in [3.8, 4) is 11.1 Å². The van der Waals surface area contributed by atoms with E-state index in [-0.39, 0.29) is 0 Å². The number of nitrogens with two attached hydrogens (primary N) is 1. The first-order valence-electron chi connectivity index (χ1n) is 6.94. The van der Waals surface area contributed by atoms with E-state index in [0.29, 0.717) is 16.3 Å². The molecule has 0 bridgehead atoms. The minimum atomic E-state index is -0.599. The Balaban J connectivity index is 2.41. The Labute approximate surface area is 138 Å². The van der Waals surface area contributed by atoms with E-state index in [0.717, 1.165) is 22.0 Å². The van der Waals surface area contributed by atoms with Gasteiger partial charge >= 0.3 is 5.97 Å². The van der Waals surface area contributed by atoms with E-state index in [1.165, 1.54) is 0 Å². The van der Waals surface area contributed by atoms with Crippen molar-refractivity contribution in [1.82, 2.24) is 10.6 Å². The molecule has 0 fully saturated rings. The number of hydrazine groups is 1. The highest BCUT2D eigenvalue weighted by molar-refractivity contribution is 6.31. The van der Waals surface area contributed by atoms with Gasteiger partial charge in [0.2, 0.25) is 0 Å². The van der Waals surface area contributed by atoms with Gasteiger partial charge in [-0.15, -0.1) is 0 Å². The summed E-state index contributed by atoms with van der Waals surface area (Å²) in [4.78, 5) is 21.6. The molecule has 0 saturated heterocycles. The van der Waals surface area contributed by atoms with E-state index in [1.54, 1.807) is 19.1 Å². The van der Waals surface area contributed by atoms with Crippen molar-refractivity contribution in [1.29, 1.82) is 0 Å². The van der Waals surface area contributed by atoms with Gasteiger partial charge in [0.15, 0.2) is 0 Å². The fourth-order valence-electron chi connectivity index (χ4n) is 2.62. The number of carbonyl (C=O) groups excluding carboxylic acids is 1. The van der Waals surface area contributed by atoms with Gasteiger partial charge in [0.25, 0.3) is 0 Å². The van der Waals surface area contributed by atoms with E-state index < -0.39 is 5.97 Å². The van der Waals surface area contributed by atoms with Gasteiger partial charge in [-0.05, 0) is 30.7 Å². The zero-order valence-corrected chi connectivity index (χ0v) is 13.1. The van der Waals surface area contributed by atoms with Crippen LogP contribution in [0.1, 0.15) is 16.1 Å². The number of carbonyl (C=O) groups is 1. The molecular formula is C17H14ClN3O2. The number of aromatic nitrogens is 1. The van der Waals surface area contributed by atoms with Crippen molar-refractivity contribution < 1.29 is 9.63 Å². The van der Waals surface area contributed by atoms with Crippen LogP contribution in [0, 0.1) is 6.92 Å². The monoisotopic (exact) mass is 327 g/mol. The minimum Gasteiger partial charge on any atom is -0.351 e. The third kappa shape index (κ3) is 2.90. The summed E-state index contributed by atoms with van der Waals surface area (Å²) in [5.41, 5.74) is 5.17. The number of aryl methyl sites for hydroxylation is 1. The fraction of sp³-hybridized carbons (Fsp3) is 0.0588. The highest BCUT2D eigenvalue weighted by Gasteiger charge is 2.21. The van der Waals surface area contributed by atoms with E-state index in [9.17, 15) is 4.79 Å². The molecule has 116 valence electrons. The first kappa shape index (κ1) is 15.4. The summed E-state index contributed by atoms with van der Waals surface area (Å²) < 4.78 is 0. The van der Waals surface area contributed by atoms with Crippen LogP contribution in [-0.2, 0) is 4.84 Å². The summed E-state index contributed by atoms with van der Waals surface area (Å²) in [7, 11) is 0. The molecule has 3 rings (SSSR count). The molecule has 0 aliphatic rings. The summed E-state index contributed by atoms with van der Waals surface area (Å²) in [6.45, 7) is 1.76. The van der Waals surface area contributed by atoms with E-state index in [1.807, 2.05) is 42.0 Å². The van der Waals surface area contributed by atoms with Crippen LogP contribution >= 0.6 is 11.6 Å². The molecule has 0 aliphatic carbocycles. The van der Waals surface area contributed by atoms with Gasteiger partial charge in [-0.25, -0.2) is 10.6 Å². The highest BCUT2D eigenvalue weighted by Crippen LogP contribution is 2.34. The number of halogens is 1. The lowest BCUT2D eigenvalue weighted by Gasteiger charge is -2.14. The Morgan fingerprint density at radius 3 is 2.65 bits per heavy atom. The van der Waals surface area contributed by atoms with Crippen molar-refractivity contribution in [3.63, 3.8) is 0 Å². The van der Waals surface area contributed by atoms with Gasteiger partial charge in [-0.1, -0.05) is 47.5 Å². The van der Waals surface area contributed by atoms with Crippen LogP contribution in [0.4, 0.5) is 0 Å². The Morgan fingerprint density at radius 1 is 1.22 bits per heavy atom. The Hall–Kier alpha value is -2.47. The molecule has 5 nitrogen and oxygen atoms in total. The Bertz CT molecular complexity index is 882. The molecule has 0 unspecified atom stereocenters. The van der Waals surface area contributed by atoms with Crippen LogP contribution in [0.5, 0.6) is 0 Å². The predicted octanol–water partition coefficient (Wildman–Crippen LogP) is 3.40. The molecule has 2 aromatic carbocycles. The van der Waals surface area contributed by atoms with Gasteiger partial charge in [0.1, 0.15) is 0 Å². The van der Waals surface area contributed by atoms with Crippen LogP contribution in [0.25, 0.3) is 22.0 Å². The van der Waals surface area contributed by atoms with Crippen LogP contribution in [0.3, 0.4) is 0 Å². The highest BCUT2D eigenvalue weighted by atomic mass is 35.5. The second-order valence-corrected chi connectivity index (χ2v) is 5.42. The second kappa shape index (κ2) is 6.34. The fourth-order valence-corrected chi connectivity index (χ4v) is 2.79. The molecule has 6 heteroatoms. The van der Waals surface area contributed by atoms with Gasteiger partial charge in [0, 0.05) is 16.0 Å². The standard InChI is InChI=1S/C17H14ClN3O2/c1-10-15(17(22)23-21-19)16(11-5-3-2-4-6-11)13-9-12(18)7-8-14(13)20-10/h2-9,21H,19H2,1H3. The SMILES string of the molecule is Cc1nc2ccc(Cl)cc2c(-c2ccccc2)c1C(=O)ONN. The summed E-state index contributed by atoms with van der Waals surface area (Å²) in [6.07, 6.45) is 0. The van der Waals surface area contributed by atoms with Crippen LogP contribution in [0.15, 0.2) is 48.5 Å². The zero-order valence-electron chi connectivity index (χ0n) is 12.3. The molecule has 1 aromatic heterocycles. The quantitative estimate of drug-likeness (QED) is 0.569. The largest absolute Gasteiger partial charge is 0.360 e. The number of pyridine rings is 1. The van der Waals surface area contributed by atoms with Crippen LogP contribution in [0.2, 0.25) is 5.02 Å². The Morgan fingerprint density at radius 2 is 1.96 bits per heavy atom. The predicted molar refractivity (Wildman–Crippen MR) is 89.7 cm³/mol. The van der Waals surface area contributed by atoms with Crippen molar-refractivity contribution in [2.45, 2.75) is 6.92 Å². The molecule has 0 amide bonds. The molecule has 3 aromatic rings. The first-order valence-corrected chi connectivity index (χ1v) is 7.31. The Kier molecular flexibility index (Phi) is 4.25. The topological polar surface area (TPSA) is 77.2 Å². The number of rotatable bonds is 3. The van der Waals surface area contributed by atoms with Crippen molar-refractivity contribution in [2.24, 2.45) is 5.84 Å². The molecule has 0 atom stereocenters. The number of hydrogen-bond donors (Lipinski definition) is 2. The average Bonchev–Trinajstić information content (AvgIpc) is 2.55. The number of nitrogens with zero attached hydrogens (tertiary/aromatic N) is 1. The van der Waals surface area contributed by atoms with Crippen molar-refractivity contribution in [2.75, 3.05) is 0 Å². The maximum absolute atomic E-state index is 12.4. The van der Waals surface area contributed by atoms with Crippen molar-refractivity contribution >= 4 is 28.5 Å². The third-order valence-corrected chi connectivity index (χ3v) is 3.78. The summed E-state index contributed by atoms with van der Waals surface area (Å²) in [5.74, 6) is 4.51. The zero-order chi connectivity index (χ0) is 16.4. The third-order valence-electron chi connectivity index (χ3n) is 3.55. The number of hydrogen-bond acceptors (Lipinski definition) is 5. The molecule has 0 radical (unpaired) electrons. The molecule has 0 aliphatic heterocycles. The van der Waals surface area contributed by atoms with Gasteiger partial charge in [-0.2, -0.15) is 0 Å². The maximum Gasteiger partial charge on any atom is 0.360 e. The molecule has 23 heavy (non-hydrogen) atoms. The molecule has 0 spiro atoms.